The molecule has 0 radical (unpaired) electrons. The van der Waals surface area contributed by atoms with Crippen LogP contribution in [0.15, 0.2) is 77.7 Å². The zero-order chi connectivity index (χ0) is 22.7. The third kappa shape index (κ3) is 5.43. The lowest BCUT2D eigenvalue weighted by Gasteiger charge is -2.17. The van der Waals surface area contributed by atoms with E-state index in [9.17, 15) is 21.8 Å². The Kier molecular flexibility index (Phi) is 6.74. The Bertz CT molecular complexity index is 1090. The van der Waals surface area contributed by atoms with E-state index in [0.29, 0.717) is 37.7 Å². The molecule has 1 N–H and O–H groups in total. The third-order valence-corrected chi connectivity index (χ3v) is 6.73. The van der Waals surface area contributed by atoms with Gasteiger partial charge in [-0.05, 0) is 41.3 Å². The summed E-state index contributed by atoms with van der Waals surface area (Å²) in [6, 6.07) is 20.1. The number of nitrogens with zero attached hydrogens (tertiary/aromatic N) is 1. The summed E-state index contributed by atoms with van der Waals surface area (Å²) in [6.45, 7) is 2.03. The highest BCUT2D eigenvalue weighted by Crippen LogP contribution is 2.31. The van der Waals surface area contributed by atoms with Gasteiger partial charge in [0.25, 0.3) is 0 Å². The molecule has 0 saturated carbocycles. The molecular formula is C24H22F4N2OS. The first-order valence-corrected chi connectivity index (χ1v) is 11.4. The van der Waals surface area contributed by atoms with Crippen molar-refractivity contribution in [3.8, 4) is 11.1 Å². The summed E-state index contributed by atoms with van der Waals surface area (Å²) < 4.78 is 68.0. The minimum Gasteiger partial charge on any atom is -0.297 e. The van der Waals surface area contributed by atoms with Crippen molar-refractivity contribution in [3.05, 3.63) is 89.7 Å². The first-order chi connectivity index (χ1) is 15.3. The molecule has 32 heavy (non-hydrogen) atoms. The Morgan fingerprint density at radius 3 is 2.34 bits per heavy atom. The number of benzene rings is 3. The third-order valence-electron chi connectivity index (χ3n) is 5.47. The van der Waals surface area contributed by atoms with Crippen LogP contribution in [-0.2, 0) is 23.7 Å². The first kappa shape index (κ1) is 22.6. The predicted molar refractivity (Wildman–Crippen MR) is 117 cm³/mol. The molecule has 1 heterocycles. The Morgan fingerprint density at radius 1 is 0.969 bits per heavy atom. The van der Waals surface area contributed by atoms with E-state index in [1.807, 2.05) is 18.2 Å². The van der Waals surface area contributed by atoms with Crippen molar-refractivity contribution in [3.63, 3.8) is 0 Å². The second-order valence-electron chi connectivity index (χ2n) is 7.81. The lowest BCUT2D eigenvalue weighted by Crippen LogP contribution is -2.34. The molecule has 3 nitrogen and oxygen atoms in total. The maximum atomic E-state index is 14.0. The fourth-order valence-electron chi connectivity index (χ4n) is 3.80. The summed E-state index contributed by atoms with van der Waals surface area (Å²) in [5.74, 6) is -0.919. The van der Waals surface area contributed by atoms with Gasteiger partial charge in [-0.15, -0.1) is 0 Å². The highest BCUT2D eigenvalue weighted by atomic mass is 32.2. The van der Waals surface area contributed by atoms with Crippen molar-refractivity contribution >= 4 is 11.0 Å². The van der Waals surface area contributed by atoms with E-state index < -0.39 is 33.4 Å². The quantitative estimate of drug-likeness (QED) is 0.498. The van der Waals surface area contributed by atoms with Gasteiger partial charge in [0.15, 0.2) is 0 Å². The molecule has 1 aliphatic rings. The van der Waals surface area contributed by atoms with Gasteiger partial charge in [0, 0.05) is 25.7 Å². The van der Waals surface area contributed by atoms with Crippen LogP contribution in [0.3, 0.4) is 0 Å². The summed E-state index contributed by atoms with van der Waals surface area (Å²) in [4.78, 5) is 1.70. The molecule has 4 rings (SSSR count). The Hall–Kier alpha value is -2.55. The lowest BCUT2D eigenvalue weighted by atomic mass is 10.0. The molecule has 0 amide bonds. The van der Waals surface area contributed by atoms with E-state index in [-0.39, 0.29) is 6.04 Å². The van der Waals surface area contributed by atoms with Crippen molar-refractivity contribution in [2.45, 2.75) is 30.1 Å². The molecule has 0 spiro atoms. The standard InChI is InChI=1S/C24H22F4N2OS/c25-22-11-10-20(24(26,27)28)14-23(22)32(31)29-21-12-13-30(16-21)15-17-6-8-19(9-7-17)18-4-2-1-3-5-18/h1-11,14,21,29H,12-13,15-16H2. The number of halogens is 4. The fraction of sp³-hybridized carbons (Fsp3) is 0.250. The molecule has 8 heteroatoms. The molecule has 0 aliphatic carbocycles. The summed E-state index contributed by atoms with van der Waals surface area (Å²) in [5.41, 5.74) is 2.40. The van der Waals surface area contributed by atoms with E-state index in [0.717, 1.165) is 23.2 Å². The van der Waals surface area contributed by atoms with Crippen molar-refractivity contribution in [1.82, 2.24) is 9.62 Å². The highest BCUT2D eigenvalue weighted by molar-refractivity contribution is 7.83. The normalized spacial score (nSPS) is 18.1. The average molecular weight is 463 g/mol. The van der Waals surface area contributed by atoms with Crippen LogP contribution in [0.4, 0.5) is 17.6 Å². The molecule has 1 fully saturated rings. The molecule has 3 aromatic carbocycles. The number of alkyl halides is 3. The maximum Gasteiger partial charge on any atom is 0.416 e. The van der Waals surface area contributed by atoms with Crippen molar-refractivity contribution in [1.29, 1.82) is 0 Å². The maximum absolute atomic E-state index is 14.0. The zero-order valence-corrected chi connectivity index (χ0v) is 17.9. The van der Waals surface area contributed by atoms with Gasteiger partial charge in [-0.25, -0.2) is 13.3 Å². The van der Waals surface area contributed by atoms with E-state index in [4.69, 9.17) is 0 Å². The van der Waals surface area contributed by atoms with Crippen LogP contribution in [-0.4, -0.2) is 28.2 Å². The second-order valence-corrected chi connectivity index (χ2v) is 9.03. The first-order valence-electron chi connectivity index (χ1n) is 10.2. The minimum atomic E-state index is -4.62. The monoisotopic (exact) mass is 462 g/mol. The van der Waals surface area contributed by atoms with Crippen LogP contribution in [0.1, 0.15) is 17.5 Å². The summed E-state index contributed by atoms with van der Waals surface area (Å²) in [5, 5.41) is 0. The van der Waals surface area contributed by atoms with Crippen LogP contribution in [0.25, 0.3) is 11.1 Å². The van der Waals surface area contributed by atoms with E-state index in [1.54, 1.807) is 0 Å². The van der Waals surface area contributed by atoms with Gasteiger partial charge in [-0.1, -0.05) is 54.6 Å². The van der Waals surface area contributed by atoms with Crippen LogP contribution in [0.2, 0.25) is 0 Å². The molecule has 0 bridgehead atoms. The van der Waals surface area contributed by atoms with Crippen molar-refractivity contribution in [2.75, 3.05) is 13.1 Å². The van der Waals surface area contributed by atoms with E-state index >= 15 is 0 Å². The number of rotatable bonds is 6. The number of nitrogens with one attached hydrogen (secondary N) is 1. The smallest absolute Gasteiger partial charge is 0.297 e. The number of hydrogen-bond donors (Lipinski definition) is 1. The van der Waals surface area contributed by atoms with Gasteiger partial charge >= 0.3 is 6.18 Å². The zero-order valence-electron chi connectivity index (χ0n) is 17.1. The van der Waals surface area contributed by atoms with Gasteiger partial charge in [0.1, 0.15) is 16.8 Å². The van der Waals surface area contributed by atoms with Gasteiger partial charge in [0.2, 0.25) is 0 Å². The Labute approximate surface area is 186 Å². The summed E-state index contributed by atoms with van der Waals surface area (Å²) >= 11 is 0. The Morgan fingerprint density at radius 2 is 1.66 bits per heavy atom. The predicted octanol–water partition coefficient (Wildman–Crippen LogP) is 5.40. The SMILES string of the molecule is O=S(NC1CCN(Cc2ccc(-c3ccccc3)cc2)C1)c1cc(C(F)(F)F)ccc1F. The van der Waals surface area contributed by atoms with Crippen LogP contribution < -0.4 is 4.72 Å². The minimum absolute atomic E-state index is 0.201. The van der Waals surface area contributed by atoms with Crippen LogP contribution >= 0.6 is 0 Å². The average Bonchev–Trinajstić information content (AvgIpc) is 3.21. The summed E-state index contributed by atoms with van der Waals surface area (Å²) in [6.07, 6.45) is -3.94. The molecule has 1 aliphatic heterocycles. The molecule has 0 aromatic heterocycles. The molecular weight excluding hydrogens is 440 g/mol. The molecule has 2 unspecified atom stereocenters. The molecule has 1 saturated heterocycles. The largest absolute Gasteiger partial charge is 0.416 e. The molecule has 2 atom stereocenters. The van der Waals surface area contributed by atoms with E-state index in [2.05, 4.69) is 46.0 Å². The van der Waals surface area contributed by atoms with Gasteiger partial charge in [0.05, 0.1) is 10.5 Å². The highest BCUT2D eigenvalue weighted by Gasteiger charge is 2.32. The molecule has 3 aromatic rings. The van der Waals surface area contributed by atoms with Gasteiger partial charge < -0.3 is 0 Å². The van der Waals surface area contributed by atoms with Crippen LogP contribution in [0, 0.1) is 5.82 Å². The number of likely N-dealkylation sites (tertiary alicyclic amines) is 1. The summed E-state index contributed by atoms with van der Waals surface area (Å²) in [7, 11) is -2.07. The number of hydrogen-bond acceptors (Lipinski definition) is 2. The van der Waals surface area contributed by atoms with Gasteiger partial charge in [-0.2, -0.15) is 13.2 Å². The second kappa shape index (κ2) is 9.52. The van der Waals surface area contributed by atoms with Crippen molar-refractivity contribution in [2.24, 2.45) is 0 Å². The van der Waals surface area contributed by atoms with E-state index in [1.165, 1.54) is 0 Å². The van der Waals surface area contributed by atoms with Crippen LogP contribution in [0.5, 0.6) is 0 Å². The van der Waals surface area contributed by atoms with Gasteiger partial charge in [-0.3, -0.25) is 4.90 Å². The topological polar surface area (TPSA) is 32.3 Å². The molecule has 168 valence electrons. The van der Waals surface area contributed by atoms with Crippen molar-refractivity contribution < 1.29 is 21.8 Å². The fourth-order valence-corrected chi connectivity index (χ4v) is 4.90. The Balaban J connectivity index is 1.35. The lowest BCUT2D eigenvalue weighted by molar-refractivity contribution is -0.137.